The highest BCUT2D eigenvalue weighted by atomic mass is 32.2. The molecule has 2 aromatic carbocycles. The second-order valence-electron chi connectivity index (χ2n) is 7.02. The summed E-state index contributed by atoms with van der Waals surface area (Å²) in [6.45, 7) is 1.60. The predicted octanol–water partition coefficient (Wildman–Crippen LogP) is 4.73. The molecule has 1 atom stereocenters. The first-order valence-corrected chi connectivity index (χ1v) is 10.4. The van der Waals surface area contributed by atoms with E-state index in [-0.39, 0.29) is 33.8 Å². The van der Waals surface area contributed by atoms with Crippen LogP contribution in [0.3, 0.4) is 0 Å². The first-order chi connectivity index (χ1) is 14.9. The van der Waals surface area contributed by atoms with Crippen LogP contribution in [-0.4, -0.2) is 30.1 Å². The number of para-hydroxylation sites is 1. The monoisotopic (exact) mass is 439 g/mol. The lowest BCUT2D eigenvalue weighted by Crippen LogP contribution is -2.17. The van der Waals surface area contributed by atoms with Crippen molar-refractivity contribution in [1.29, 1.82) is 0 Å². The Bertz CT molecular complexity index is 1210. The summed E-state index contributed by atoms with van der Waals surface area (Å²) in [5.74, 6) is 0.627. The second-order valence-corrected chi connectivity index (χ2v) is 8.26. The normalized spacial score (nSPS) is 15.6. The van der Waals surface area contributed by atoms with E-state index in [0.29, 0.717) is 23.6 Å². The summed E-state index contributed by atoms with van der Waals surface area (Å²) in [6.07, 6.45) is 0.331. The Morgan fingerprint density at radius 1 is 1.10 bits per heavy atom. The molecule has 0 spiro atoms. The molecule has 2 N–H and O–H groups in total. The van der Waals surface area contributed by atoms with Gasteiger partial charge in [-0.2, -0.15) is 0 Å². The van der Waals surface area contributed by atoms with Gasteiger partial charge in [-0.25, -0.2) is 4.79 Å². The van der Waals surface area contributed by atoms with Gasteiger partial charge in [0.2, 0.25) is 5.75 Å². The number of aromatic hydroxyl groups is 2. The van der Waals surface area contributed by atoms with E-state index >= 15 is 0 Å². The van der Waals surface area contributed by atoms with Crippen molar-refractivity contribution in [2.45, 2.75) is 23.5 Å². The van der Waals surface area contributed by atoms with Gasteiger partial charge in [-0.1, -0.05) is 12.1 Å². The smallest absolute Gasteiger partial charge is 0.348 e. The molecule has 1 aliphatic heterocycles. The number of phenols is 1. The molecule has 3 aromatic rings. The topological polar surface area (TPSA) is 101 Å². The molecule has 0 aliphatic carbocycles. The van der Waals surface area contributed by atoms with Gasteiger partial charge in [0.1, 0.15) is 17.1 Å². The van der Waals surface area contributed by atoms with Crippen molar-refractivity contribution >= 4 is 23.2 Å². The lowest BCUT2D eigenvalue weighted by Gasteiger charge is -2.19. The van der Waals surface area contributed by atoms with Crippen molar-refractivity contribution in [2.75, 3.05) is 14.2 Å². The summed E-state index contributed by atoms with van der Waals surface area (Å²) in [4.78, 5) is 18.2. The van der Waals surface area contributed by atoms with Crippen LogP contribution in [0.5, 0.6) is 23.0 Å². The maximum Gasteiger partial charge on any atom is 0.348 e. The molecule has 0 radical (unpaired) electrons. The first kappa shape index (κ1) is 20.9. The Morgan fingerprint density at radius 3 is 2.42 bits per heavy atom. The Hall–Kier alpha value is -3.39. The van der Waals surface area contributed by atoms with Gasteiger partial charge < -0.3 is 24.1 Å². The Labute approximate surface area is 183 Å². The molecule has 1 aromatic heterocycles. The summed E-state index contributed by atoms with van der Waals surface area (Å²) in [7, 11) is 2.94. The minimum atomic E-state index is -0.639. The molecule has 1 aliphatic rings. The van der Waals surface area contributed by atoms with E-state index in [1.165, 1.54) is 20.3 Å². The standard InChI is InChI=1S/C23H21NO6S/c1-12-8-16(25)21(23(27)30-12)15-11-20(31-19-7-5-4-6-14(19)24-15)13-9-17(28-2)22(26)18(10-13)29-3/h4-10,20,25-26H,11H2,1-3H3. The van der Waals surface area contributed by atoms with Crippen molar-refractivity contribution in [2.24, 2.45) is 4.99 Å². The largest absolute Gasteiger partial charge is 0.507 e. The zero-order valence-electron chi connectivity index (χ0n) is 17.2. The SMILES string of the molecule is COc1cc(C2CC(c3c(O)cc(C)oc3=O)=Nc3ccccc3S2)cc(OC)c1O. The van der Waals surface area contributed by atoms with Crippen LogP contribution in [0.4, 0.5) is 5.69 Å². The number of fused-ring (bicyclic) bond motifs is 1. The van der Waals surface area contributed by atoms with E-state index in [1.54, 1.807) is 30.8 Å². The van der Waals surface area contributed by atoms with Gasteiger partial charge in [0.25, 0.3) is 0 Å². The first-order valence-electron chi connectivity index (χ1n) is 9.53. The third-order valence-electron chi connectivity index (χ3n) is 4.99. The lowest BCUT2D eigenvalue weighted by molar-refractivity contribution is 0.339. The van der Waals surface area contributed by atoms with Crippen LogP contribution in [0.15, 0.2) is 61.6 Å². The fourth-order valence-electron chi connectivity index (χ4n) is 3.52. The van der Waals surface area contributed by atoms with Crippen LogP contribution in [-0.2, 0) is 0 Å². The summed E-state index contributed by atoms with van der Waals surface area (Å²) in [5.41, 5.74) is 1.34. The maximum absolute atomic E-state index is 12.6. The van der Waals surface area contributed by atoms with Gasteiger partial charge in [-0.05, 0) is 36.8 Å². The van der Waals surface area contributed by atoms with Crippen molar-refractivity contribution in [3.8, 4) is 23.0 Å². The van der Waals surface area contributed by atoms with Crippen LogP contribution in [0.2, 0.25) is 0 Å². The lowest BCUT2D eigenvalue weighted by atomic mass is 10.0. The number of hydrogen-bond donors (Lipinski definition) is 2. The van der Waals surface area contributed by atoms with Crippen LogP contribution in [0.25, 0.3) is 0 Å². The fourth-order valence-corrected chi connectivity index (χ4v) is 4.73. The molecule has 0 saturated carbocycles. The van der Waals surface area contributed by atoms with Crippen molar-refractivity contribution in [1.82, 2.24) is 0 Å². The van der Waals surface area contributed by atoms with Gasteiger partial charge in [-0.3, -0.25) is 4.99 Å². The quantitative estimate of drug-likeness (QED) is 0.606. The maximum atomic E-state index is 12.6. The zero-order chi connectivity index (χ0) is 22.1. The highest BCUT2D eigenvalue weighted by molar-refractivity contribution is 7.99. The summed E-state index contributed by atoms with van der Waals surface area (Å²) in [5, 5.41) is 20.6. The van der Waals surface area contributed by atoms with Crippen LogP contribution in [0.1, 0.15) is 28.6 Å². The number of aryl methyl sites for hydroxylation is 1. The molecule has 0 amide bonds. The predicted molar refractivity (Wildman–Crippen MR) is 118 cm³/mol. The highest BCUT2D eigenvalue weighted by Gasteiger charge is 2.27. The number of phenolic OH excluding ortho intramolecular Hbond substituents is 1. The third kappa shape index (κ3) is 3.98. The van der Waals surface area contributed by atoms with E-state index in [2.05, 4.69) is 0 Å². The molecule has 8 heteroatoms. The number of rotatable bonds is 4. The number of nitrogens with zero attached hydrogens (tertiary/aromatic N) is 1. The molecule has 4 rings (SSSR count). The summed E-state index contributed by atoms with van der Waals surface area (Å²) in [6, 6.07) is 12.5. The van der Waals surface area contributed by atoms with Gasteiger partial charge in [0.15, 0.2) is 11.5 Å². The Kier molecular flexibility index (Phi) is 5.65. The van der Waals surface area contributed by atoms with E-state index in [4.69, 9.17) is 18.9 Å². The molecule has 7 nitrogen and oxygen atoms in total. The van der Waals surface area contributed by atoms with Gasteiger partial charge >= 0.3 is 5.63 Å². The summed E-state index contributed by atoms with van der Waals surface area (Å²) < 4.78 is 15.8. The number of hydrogen-bond acceptors (Lipinski definition) is 8. The third-order valence-corrected chi connectivity index (χ3v) is 6.31. The molecule has 0 saturated heterocycles. The van der Waals surface area contributed by atoms with Crippen LogP contribution < -0.4 is 15.1 Å². The molecule has 1 unspecified atom stereocenters. The Morgan fingerprint density at radius 2 is 1.77 bits per heavy atom. The molecule has 31 heavy (non-hydrogen) atoms. The molecule has 2 heterocycles. The molecule has 0 fully saturated rings. The van der Waals surface area contributed by atoms with E-state index in [9.17, 15) is 15.0 Å². The molecular weight excluding hydrogens is 418 g/mol. The van der Waals surface area contributed by atoms with Crippen molar-refractivity contribution in [3.05, 3.63) is 69.8 Å². The zero-order valence-corrected chi connectivity index (χ0v) is 18.0. The Balaban J connectivity index is 1.88. The molecule has 0 bridgehead atoms. The van der Waals surface area contributed by atoms with E-state index < -0.39 is 5.63 Å². The summed E-state index contributed by atoms with van der Waals surface area (Å²) >= 11 is 1.57. The van der Waals surface area contributed by atoms with Crippen molar-refractivity contribution < 1.29 is 24.1 Å². The minimum Gasteiger partial charge on any atom is -0.507 e. The number of benzene rings is 2. The second kappa shape index (κ2) is 8.39. The van der Waals surface area contributed by atoms with Crippen LogP contribution in [0, 0.1) is 6.92 Å². The molecular formula is C23H21NO6S. The van der Waals surface area contributed by atoms with E-state index in [0.717, 1.165) is 10.5 Å². The minimum absolute atomic E-state index is 0.0469. The highest BCUT2D eigenvalue weighted by Crippen LogP contribution is 2.49. The van der Waals surface area contributed by atoms with Gasteiger partial charge in [0.05, 0.1) is 25.6 Å². The average molecular weight is 439 g/mol. The number of ether oxygens (including phenoxy) is 2. The van der Waals surface area contributed by atoms with E-state index in [1.807, 2.05) is 24.3 Å². The fraction of sp³-hybridized carbons (Fsp3) is 0.217. The number of methoxy groups -OCH3 is 2. The van der Waals surface area contributed by atoms with Gasteiger partial charge in [-0.15, -0.1) is 11.8 Å². The number of thioether (sulfide) groups is 1. The van der Waals surface area contributed by atoms with Crippen molar-refractivity contribution in [3.63, 3.8) is 0 Å². The van der Waals surface area contributed by atoms with Gasteiger partial charge in [0, 0.05) is 22.6 Å². The average Bonchev–Trinajstić information content (AvgIpc) is 2.92. The molecule has 160 valence electrons. The van der Waals surface area contributed by atoms with Crippen LogP contribution >= 0.6 is 11.8 Å². The number of aliphatic imine (C=N–C) groups is 1.